The molecule has 0 fully saturated rings. The van der Waals surface area contributed by atoms with Crippen molar-refractivity contribution in [2.75, 3.05) is 18.1 Å². The molecule has 1 N–H and O–H groups in total. The minimum absolute atomic E-state index is 0.421. The maximum atomic E-state index is 9.83. The van der Waals surface area contributed by atoms with E-state index in [0.29, 0.717) is 13.0 Å². The van der Waals surface area contributed by atoms with E-state index in [9.17, 15) is 5.11 Å². The van der Waals surface area contributed by atoms with Gasteiger partial charge in [0, 0.05) is 11.3 Å². The zero-order chi connectivity index (χ0) is 11.8. The van der Waals surface area contributed by atoms with Crippen LogP contribution in [-0.2, 0) is 0 Å². The third-order valence-corrected chi connectivity index (χ3v) is 3.22. The summed E-state index contributed by atoms with van der Waals surface area (Å²) in [5, 5.41) is 9.83. The summed E-state index contributed by atoms with van der Waals surface area (Å²) < 4.78 is 5.68. The first-order chi connectivity index (χ1) is 7.79. The fourth-order valence-electron chi connectivity index (χ4n) is 1.46. The van der Waals surface area contributed by atoms with Gasteiger partial charge >= 0.3 is 0 Å². The van der Waals surface area contributed by atoms with Crippen LogP contribution in [-0.4, -0.2) is 23.2 Å². The lowest BCUT2D eigenvalue weighted by Crippen LogP contribution is -2.05. The number of aliphatic hydroxyl groups excluding tert-OH is 1. The van der Waals surface area contributed by atoms with Gasteiger partial charge in [-0.15, -0.1) is 0 Å². The molecule has 0 radical (unpaired) electrons. The summed E-state index contributed by atoms with van der Waals surface area (Å²) in [5.41, 5.74) is 0.895. The molecule has 1 atom stereocenters. The van der Waals surface area contributed by atoms with E-state index in [2.05, 4.69) is 6.92 Å². The first-order valence-electron chi connectivity index (χ1n) is 5.77. The number of hydrogen-bond donors (Lipinski definition) is 1. The Kier molecular flexibility index (Phi) is 6.34. The summed E-state index contributed by atoms with van der Waals surface area (Å²) in [4.78, 5) is 0. The van der Waals surface area contributed by atoms with Crippen molar-refractivity contribution in [3.05, 3.63) is 29.8 Å². The lowest BCUT2D eigenvalue weighted by Gasteiger charge is -2.14. The van der Waals surface area contributed by atoms with E-state index in [0.717, 1.165) is 22.8 Å². The Morgan fingerprint density at radius 1 is 1.31 bits per heavy atom. The lowest BCUT2D eigenvalue weighted by molar-refractivity contribution is 0.168. The molecule has 16 heavy (non-hydrogen) atoms. The number of thioether (sulfide) groups is 1. The highest BCUT2D eigenvalue weighted by molar-refractivity contribution is 7.99. The zero-order valence-corrected chi connectivity index (χ0v) is 10.8. The minimum Gasteiger partial charge on any atom is -0.492 e. The Bertz CT molecular complexity index is 302. The van der Waals surface area contributed by atoms with Crippen molar-refractivity contribution in [3.63, 3.8) is 0 Å². The van der Waals surface area contributed by atoms with Gasteiger partial charge in [0.25, 0.3) is 0 Å². The molecule has 0 aliphatic heterocycles. The van der Waals surface area contributed by atoms with E-state index in [1.807, 2.05) is 43.0 Å². The van der Waals surface area contributed by atoms with Crippen molar-refractivity contribution >= 4 is 11.8 Å². The zero-order valence-electron chi connectivity index (χ0n) is 9.98. The molecule has 0 bridgehead atoms. The van der Waals surface area contributed by atoms with Crippen LogP contribution in [0.1, 0.15) is 31.9 Å². The predicted molar refractivity (Wildman–Crippen MR) is 70.2 cm³/mol. The van der Waals surface area contributed by atoms with Crippen LogP contribution in [0.15, 0.2) is 24.3 Å². The second-order valence-corrected chi connectivity index (χ2v) is 4.90. The largest absolute Gasteiger partial charge is 0.492 e. The molecule has 0 spiro atoms. The highest BCUT2D eigenvalue weighted by atomic mass is 32.2. The molecule has 3 heteroatoms. The highest BCUT2D eigenvalue weighted by Gasteiger charge is 2.10. The second-order valence-electron chi connectivity index (χ2n) is 3.51. The maximum absolute atomic E-state index is 9.83. The fourth-order valence-corrected chi connectivity index (χ4v) is 1.95. The monoisotopic (exact) mass is 240 g/mol. The van der Waals surface area contributed by atoms with E-state index < -0.39 is 6.10 Å². The average Bonchev–Trinajstić information content (AvgIpc) is 2.34. The van der Waals surface area contributed by atoms with Crippen molar-refractivity contribution < 1.29 is 9.84 Å². The van der Waals surface area contributed by atoms with Gasteiger partial charge in [0.05, 0.1) is 12.7 Å². The summed E-state index contributed by atoms with van der Waals surface area (Å²) in [6, 6.07) is 7.72. The molecule has 0 aliphatic rings. The van der Waals surface area contributed by atoms with Gasteiger partial charge in [-0.3, -0.25) is 0 Å². The van der Waals surface area contributed by atoms with Crippen LogP contribution < -0.4 is 4.74 Å². The van der Waals surface area contributed by atoms with E-state index in [4.69, 9.17) is 4.74 Å². The molecule has 90 valence electrons. The third-order valence-electron chi connectivity index (χ3n) is 2.35. The molecule has 0 saturated carbocycles. The van der Waals surface area contributed by atoms with Crippen molar-refractivity contribution in [1.82, 2.24) is 0 Å². The molecule has 1 rings (SSSR count). The first kappa shape index (κ1) is 13.4. The second kappa shape index (κ2) is 7.58. The van der Waals surface area contributed by atoms with Gasteiger partial charge in [-0.05, 0) is 18.2 Å². The Balaban J connectivity index is 2.57. The van der Waals surface area contributed by atoms with Crippen LogP contribution in [0.25, 0.3) is 0 Å². The van der Waals surface area contributed by atoms with E-state index >= 15 is 0 Å². The molecule has 0 aromatic heterocycles. The van der Waals surface area contributed by atoms with Crippen LogP contribution in [0.5, 0.6) is 5.75 Å². The molecular weight excluding hydrogens is 220 g/mol. The standard InChI is InChI=1S/C13H20O2S/c1-3-12(14)11-7-5-6-8-13(11)15-9-10-16-4-2/h5-8,12,14H,3-4,9-10H2,1-2H3/t12-/m0/s1. The van der Waals surface area contributed by atoms with Crippen molar-refractivity contribution in [2.24, 2.45) is 0 Å². The van der Waals surface area contributed by atoms with Gasteiger partial charge in [0.15, 0.2) is 0 Å². The van der Waals surface area contributed by atoms with Gasteiger partial charge in [-0.1, -0.05) is 32.0 Å². The van der Waals surface area contributed by atoms with Crippen LogP contribution in [0.3, 0.4) is 0 Å². The van der Waals surface area contributed by atoms with E-state index in [1.165, 1.54) is 0 Å². The topological polar surface area (TPSA) is 29.5 Å². The van der Waals surface area contributed by atoms with Gasteiger partial charge in [0.1, 0.15) is 5.75 Å². The van der Waals surface area contributed by atoms with Crippen molar-refractivity contribution in [2.45, 2.75) is 26.4 Å². The minimum atomic E-state index is -0.421. The molecule has 0 saturated heterocycles. The molecular formula is C13H20O2S. The summed E-state index contributed by atoms with van der Waals surface area (Å²) in [6.07, 6.45) is 0.291. The summed E-state index contributed by atoms with van der Waals surface area (Å²) in [6.45, 7) is 4.81. The molecule has 1 aromatic carbocycles. The SMILES string of the molecule is CCSCCOc1ccccc1[C@@H](O)CC. The van der Waals surface area contributed by atoms with Gasteiger partial charge in [0.2, 0.25) is 0 Å². The van der Waals surface area contributed by atoms with Crippen LogP contribution >= 0.6 is 11.8 Å². The lowest BCUT2D eigenvalue weighted by atomic mass is 10.1. The first-order valence-corrected chi connectivity index (χ1v) is 6.92. The number of hydrogen-bond acceptors (Lipinski definition) is 3. The number of benzene rings is 1. The van der Waals surface area contributed by atoms with Crippen molar-refractivity contribution in [1.29, 1.82) is 0 Å². The number of ether oxygens (including phenoxy) is 1. The number of para-hydroxylation sites is 1. The number of aliphatic hydroxyl groups is 1. The summed E-state index contributed by atoms with van der Waals surface area (Å²) in [5.74, 6) is 2.92. The van der Waals surface area contributed by atoms with Gasteiger partial charge in [-0.25, -0.2) is 0 Å². The molecule has 0 heterocycles. The van der Waals surface area contributed by atoms with Crippen molar-refractivity contribution in [3.8, 4) is 5.75 Å². The average molecular weight is 240 g/mol. The van der Waals surface area contributed by atoms with Crippen LogP contribution in [0.4, 0.5) is 0 Å². The van der Waals surface area contributed by atoms with E-state index in [-0.39, 0.29) is 0 Å². The Morgan fingerprint density at radius 3 is 2.75 bits per heavy atom. The maximum Gasteiger partial charge on any atom is 0.125 e. The molecule has 0 unspecified atom stereocenters. The molecule has 2 nitrogen and oxygen atoms in total. The Morgan fingerprint density at radius 2 is 2.06 bits per heavy atom. The highest BCUT2D eigenvalue weighted by Crippen LogP contribution is 2.26. The van der Waals surface area contributed by atoms with Crippen LogP contribution in [0, 0.1) is 0 Å². The quantitative estimate of drug-likeness (QED) is 0.742. The fraction of sp³-hybridized carbons (Fsp3) is 0.538. The molecule has 1 aromatic rings. The van der Waals surface area contributed by atoms with E-state index in [1.54, 1.807) is 0 Å². The predicted octanol–water partition coefficient (Wildman–Crippen LogP) is 3.26. The van der Waals surface area contributed by atoms with Crippen LogP contribution in [0.2, 0.25) is 0 Å². The smallest absolute Gasteiger partial charge is 0.125 e. The summed E-state index contributed by atoms with van der Waals surface area (Å²) in [7, 11) is 0. The Hall–Kier alpha value is -0.670. The van der Waals surface area contributed by atoms with Gasteiger partial charge in [-0.2, -0.15) is 11.8 Å². The van der Waals surface area contributed by atoms with Gasteiger partial charge < -0.3 is 9.84 Å². The molecule has 0 amide bonds. The normalized spacial score (nSPS) is 12.4. The third kappa shape index (κ3) is 4.06. The Labute approximate surface area is 102 Å². The molecule has 0 aliphatic carbocycles. The number of rotatable bonds is 7. The summed E-state index contributed by atoms with van der Waals surface area (Å²) >= 11 is 1.86.